The highest BCUT2D eigenvalue weighted by Crippen LogP contribution is 2.28. The number of nitrogens with one attached hydrogen (secondary N) is 1. The van der Waals surface area contributed by atoms with Crippen molar-refractivity contribution in [1.29, 1.82) is 0 Å². The number of benzene rings is 1. The summed E-state index contributed by atoms with van der Waals surface area (Å²) in [5, 5.41) is 12.5. The van der Waals surface area contributed by atoms with Gasteiger partial charge in [0.1, 0.15) is 5.75 Å². The van der Waals surface area contributed by atoms with E-state index in [1.54, 1.807) is 48.8 Å². The van der Waals surface area contributed by atoms with Crippen molar-refractivity contribution in [2.45, 2.75) is 0 Å². The lowest BCUT2D eigenvalue weighted by molar-refractivity contribution is -0.115. The summed E-state index contributed by atoms with van der Waals surface area (Å²) in [6, 6.07) is 10.2. The van der Waals surface area contributed by atoms with E-state index in [9.17, 15) is 9.90 Å². The highest BCUT2D eigenvalue weighted by Gasteiger charge is 2.23. The third kappa shape index (κ3) is 3.29. The van der Waals surface area contributed by atoms with Crippen molar-refractivity contribution in [2.75, 3.05) is 0 Å². The average Bonchev–Trinajstić information content (AvgIpc) is 2.82. The number of thioether (sulfide) groups is 1. The van der Waals surface area contributed by atoms with Gasteiger partial charge in [-0.1, -0.05) is 12.1 Å². The first-order chi connectivity index (χ1) is 10.2. The molecule has 6 heteroatoms. The summed E-state index contributed by atoms with van der Waals surface area (Å²) < 4.78 is 0. The summed E-state index contributed by atoms with van der Waals surface area (Å²) in [7, 11) is 0. The van der Waals surface area contributed by atoms with Crippen LogP contribution in [0, 0.1) is 0 Å². The molecule has 2 N–H and O–H groups in total. The van der Waals surface area contributed by atoms with E-state index in [1.165, 1.54) is 11.8 Å². The zero-order valence-electron chi connectivity index (χ0n) is 10.9. The van der Waals surface area contributed by atoms with Crippen LogP contribution < -0.4 is 5.32 Å². The molecule has 0 spiro atoms. The van der Waals surface area contributed by atoms with E-state index < -0.39 is 0 Å². The molecule has 0 radical (unpaired) electrons. The molecule has 104 valence electrons. The van der Waals surface area contributed by atoms with Crippen LogP contribution in [0.5, 0.6) is 5.75 Å². The molecular weight excluding hydrogens is 286 g/mol. The first kappa shape index (κ1) is 13.4. The van der Waals surface area contributed by atoms with Crippen LogP contribution >= 0.6 is 11.8 Å². The fourth-order valence-corrected chi connectivity index (χ4v) is 2.58. The maximum absolute atomic E-state index is 11.9. The minimum Gasteiger partial charge on any atom is -0.508 e. The maximum Gasteiger partial charge on any atom is 0.264 e. The van der Waals surface area contributed by atoms with Gasteiger partial charge < -0.3 is 10.4 Å². The van der Waals surface area contributed by atoms with Crippen molar-refractivity contribution in [1.82, 2.24) is 10.3 Å². The molecule has 1 fully saturated rings. The largest absolute Gasteiger partial charge is 0.508 e. The number of amides is 1. The second kappa shape index (κ2) is 5.80. The number of carbonyl (C=O) groups is 1. The molecule has 1 aliphatic heterocycles. The molecule has 0 saturated carbocycles. The lowest BCUT2D eigenvalue weighted by atomic mass is 10.2. The Morgan fingerprint density at radius 2 is 2.05 bits per heavy atom. The van der Waals surface area contributed by atoms with Crippen LogP contribution in [0.25, 0.3) is 6.08 Å². The Balaban J connectivity index is 1.82. The van der Waals surface area contributed by atoms with E-state index in [0.717, 1.165) is 5.56 Å². The van der Waals surface area contributed by atoms with E-state index in [0.29, 0.717) is 15.8 Å². The molecule has 3 rings (SSSR count). The molecule has 2 heterocycles. The number of aromatic hydroxyl groups is 1. The SMILES string of the molecule is O=C1NC(=Nc2cccnc2)SC1=Cc1ccc(O)cc1. The number of rotatable bonds is 2. The monoisotopic (exact) mass is 297 g/mol. The Morgan fingerprint density at radius 3 is 2.76 bits per heavy atom. The van der Waals surface area contributed by atoms with Crippen molar-refractivity contribution in [3.63, 3.8) is 0 Å². The molecule has 2 aromatic rings. The molecule has 0 aliphatic carbocycles. The van der Waals surface area contributed by atoms with E-state index >= 15 is 0 Å². The van der Waals surface area contributed by atoms with Crippen molar-refractivity contribution >= 4 is 34.6 Å². The Kier molecular flexibility index (Phi) is 3.70. The summed E-state index contributed by atoms with van der Waals surface area (Å²) in [5.74, 6) is 0.00946. The molecule has 5 nitrogen and oxygen atoms in total. The minimum atomic E-state index is -0.185. The molecule has 1 saturated heterocycles. The van der Waals surface area contributed by atoms with Gasteiger partial charge >= 0.3 is 0 Å². The minimum absolute atomic E-state index is 0.185. The Hall–Kier alpha value is -2.60. The third-order valence-corrected chi connectivity index (χ3v) is 3.63. The van der Waals surface area contributed by atoms with Gasteiger partial charge in [-0.2, -0.15) is 0 Å². The van der Waals surface area contributed by atoms with Crippen molar-refractivity contribution in [2.24, 2.45) is 4.99 Å². The lowest BCUT2D eigenvalue weighted by Gasteiger charge is -1.95. The molecule has 1 aromatic carbocycles. The molecular formula is C15H11N3O2S. The van der Waals surface area contributed by atoms with Gasteiger partial charge in [0.2, 0.25) is 0 Å². The van der Waals surface area contributed by atoms with E-state index in [1.807, 2.05) is 6.07 Å². The van der Waals surface area contributed by atoms with Crippen LogP contribution in [-0.2, 0) is 4.79 Å². The molecule has 21 heavy (non-hydrogen) atoms. The van der Waals surface area contributed by atoms with Crippen molar-refractivity contribution in [3.05, 3.63) is 59.3 Å². The number of nitrogens with zero attached hydrogens (tertiary/aromatic N) is 2. The molecule has 0 unspecified atom stereocenters. The van der Waals surface area contributed by atoms with E-state index in [-0.39, 0.29) is 11.7 Å². The number of hydrogen-bond acceptors (Lipinski definition) is 5. The fraction of sp³-hybridized carbons (Fsp3) is 0. The number of phenols is 1. The third-order valence-electron chi connectivity index (χ3n) is 2.72. The summed E-state index contributed by atoms with van der Waals surface area (Å²) >= 11 is 1.27. The lowest BCUT2D eigenvalue weighted by Crippen LogP contribution is -2.19. The fourth-order valence-electron chi connectivity index (χ4n) is 1.74. The first-order valence-electron chi connectivity index (χ1n) is 6.19. The highest BCUT2D eigenvalue weighted by molar-refractivity contribution is 8.18. The molecule has 0 atom stereocenters. The van der Waals surface area contributed by atoms with E-state index in [4.69, 9.17) is 0 Å². The predicted octanol–water partition coefficient (Wildman–Crippen LogP) is 2.68. The zero-order chi connectivity index (χ0) is 14.7. The highest BCUT2D eigenvalue weighted by atomic mass is 32.2. The Morgan fingerprint density at radius 1 is 1.24 bits per heavy atom. The molecule has 0 bridgehead atoms. The van der Waals surface area contributed by atoms with Gasteiger partial charge in [0.15, 0.2) is 5.17 Å². The van der Waals surface area contributed by atoms with Gasteiger partial charge in [-0.05, 0) is 47.7 Å². The van der Waals surface area contributed by atoms with Gasteiger partial charge in [-0.25, -0.2) is 4.99 Å². The second-order valence-corrected chi connectivity index (χ2v) is 5.32. The summed E-state index contributed by atoms with van der Waals surface area (Å²) in [4.78, 5) is 20.8. The van der Waals surface area contributed by atoms with Crippen molar-refractivity contribution in [3.8, 4) is 5.75 Å². The number of phenolic OH excluding ortho intramolecular Hbond substituents is 1. The van der Waals surface area contributed by atoms with Crippen LogP contribution in [0.4, 0.5) is 5.69 Å². The number of hydrogen-bond donors (Lipinski definition) is 2. The maximum atomic E-state index is 11.9. The van der Waals surface area contributed by atoms with Crippen LogP contribution in [0.15, 0.2) is 58.7 Å². The Bertz CT molecular complexity index is 724. The molecule has 1 aromatic heterocycles. The smallest absolute Gasteiger partial charge is 0.264 e. The number of aliphatic imine (C=N–C) groups is 1. The quantitative estimate of drug-likeness (QED) is 0.836. The van der Waals surface area contributed by atoms with Crippen LogP contribution in [0.1, 0.15) is 5.56 Å². The zero-order valence-corrected chi connectivity index (χ0v) is 11.7. The summed E-state index contributed by atoms with van der Waals surface area (Å²) in [6.45, 7) is 0. The first-order valence-corrected chi connectivity index (χ1v) is 7.01. The van der Waals surface area contributed by atoms with E-state index in [2.05, 4.69) is 15.3 Å². The van der Waals surface area contributed by atoms with Crippen LogP contribution in [-0.4, -0.2) is 21.2 Å². The predicted molar refractivity (Wildman–Crippen MR) is 83.1 cm³/mol. The van der Waals surface area contributed by atoms with Crippen LogP contribution in [0.2, 0.25) is 0 Å². The van der Waals surface area contributed by atoms with Gasteiger partial charge in [0, 0.05) is 6.20 Å². The molecule has 1 amide bonds. The number of amidine groups is 1. The number of carbonyl (C=O) groups excluding carboxylic acids is 1. The second-order valence-electron chi connectivity index (χ2n) is 4.28. The van der Waals surface area contributed by atoms with Crippen LogP contribution in [0.3, 0.4) is 0 Å². The Labute approximate surface area is 125 Å². The molecule has 1 aliphatic rings. The van der Waals surface area contributed by atoms with Crippen molar-refractivity contribution < 1.29 is 9.90 Å². The normalized spacial score (nSPS) is 18.2. The summed E-state index contributed by atoms with van der Waals surface area (Å²) in [6.07, 6.45) is 5.05. The van der Waals surface area contributed by atoms with Gasteiger partial charge in [-0.3, -0.25) is 9.78 Å². The van der Waals surface area contributed by atoms with Gasteiger partial charge in [0.25, 0.3) is 5.91 Å². The number of aromatic nitrogens is 1. The standard InChI is InChI=1S/C15H11N3O2S/c19-12-5-3-10(4-6-12)8-13-14(20)18-15(21-13)17-11-2-1-7-16-9-11/h1-9,19H,(H,17,18,20). The average molecular weight is 297 g/mol. The summed E-state index contributed by atoms with van der Waals surface area (Å²) in [5.41, 5.74) is 1.53. The number of pyridine rings is 1. The van der Waals surface area contributed by atoms with Gasteiger partial charge in [-0.15, -0.1) is 0 Å². The topological polar surface area (TPSA) is 74.6 Å². The van der Waals surface area contributed by atoms with Gasteiger partial charge in [0.05, 0.1) is 16.8 Å².